The van der Waals surface area contributed by atoms with Crippen molar-refractivity contribution in [2.75, 3.05) is 0 Å². The number of aromatic nitrogens is 2. The van der Waals surface area contributed by atoms with Crippen LogP contribution in [0.1, 0.15) is 52.0 Å². The molecule has 1 heterocycles. The predicted molar refractivity (Wildman–Crippen MR) is 62.9 cm³/mol. The third-order valence-corrected chi connectivity index (χ3v) is 3.43. The van der Waals surface area contributed by atoms with Crippen LogP contribution in [0.15, 0.2) is 12.4 Å². The predicted octanol–water partition coefficient (Wildman–Crippen LogP) is 3.37. The Balaban J connectivity index is 2.04. The Hall–Kier alpha value is -0.790. The van der Waals surface area contributed by atoms with E-state index < -0.39 is 0 Å². The Labute approximate surface area is 92.7 Å². The minimum Gasteiger partial charge on any atom is -0.272 e. The third kappa shape index (κ3) is 2.61. The first-order chi connectivity index (χ1) is 7.12. The zero-order valence-electron chi connectivity index (χ0n) is 10.2. The molecular weight excluding hydrogens is 184 g/mol. The van der Waals surface area contributed by atoms with E-state index in [1.165, 1.54) is 31.2 Å². The highest BCUT2D eigenvalue weighted by molar-refractivity contribution is 5.16. The van der Waals surface area contributed by atoms with Crippen LogP contribution in [-0.2, 0) is 12.0 Å². The molecule has 0 unspecified atom stereocenters. The van der Waals surface area contributed by atoms with Gasteiger partial charge in [0.15, 0.2) is 0 Å². The van der Waals surface area contributed by atoms with E-state index in [9.17, 15) is 0 Å². The van der Waals surface area contributed by atoms with Crippen molar-refractivity contribution in [3.05, 3.63) is 18.0 Å². The van der Waals surface area contributed by atoms with E-state index in [1.54, 1.807) is 0 Å². The third-order valence-electron chi connectivity index (χ3n) is 3.43. The first kappa shape index (κ1) is 10.7. The molecule has 1 aromatic rings. The van der Waals surface area contributed by atoms with Crippen molar-refractivity contribution in [3.8, 4) is 0 Å². The fraction of sp³-hybridized carbons (Fsp3) is 0.769. The van der Waals surface area contributed by atoms with Crippen LogP contribution in [-0.4, -0.2) is 9.78 Å². The molecule has 1 saturated carbocycles. The summed E-state index contributed by atoms with van der Waals surface area (Å²) in [4.78, 5) is 0. The van der Waals surface area contributed by atoms with Gasteiger partial charge in [-0.1, -0.05) is 27.2 Å². The summed E-state index contributed by atoms with van der Waals surface area (Å²) in [6.07, 6.45) is 9.57. The van der Waals surface area contributed by atoms with Gasteiger partial charge in [-0.2, -0.15) is 5.10 Å². The Morgan fingerprint density at radius 2 is 2.20 bits per heavy atom. The zero-order chi connectivity index (χ0) is 10.9. The lowest BCUT2D eigenvalue weighted by atomic mass is 9.83. The maximum atomic E-state index is 4.46. The molecule has 2 rings (SSSR count). The molecule has 1 fully saturated rings. The molecule has 1 aliphatic carbocycles. The molecule has 0 radical (unpaired) electrons. The lowest BCUT2D eigenvalue weighted by molar-refractivity contribution is 0.471. The summed E-state index contributed by atoms with van der Waals surface area (Å²) in [5.41, 5.74) is 1.68. The number of rotatable bonds is 5. The van der Waals surface area contributed by atoms with Gasteiger partial charge in [-0.05, 0) is 36.2 Å². The summed E-state index contributed by atoms with van der Waals surface area (Å²) in [7, 11) is 0. The van der Waals surface area contributed by atoms with Gasteiger partial charge < -0.3 is 0 Å². The average molecular weight is 206 g/mol. The molecule has 0 aliphatic heterocycles. The fourth-order valence-electron chi connectivity index (χ4n) is 2.15. The van der Waals surface area contributed by atoms with Crippen LogP contribution in [0.3, 0.4) is 0 Å². The van der Waals surface area contributed by atoms with Crippen molar-refractivity contribution in [2.24, 2.45) is 5.92 Å². The van der Waals surface area contributed by atoms with Crippen molar-refractivity contribution in [2.45, 2.75) is 58.4 Å². The molecule has 15 heavy (non-hydrogen) atoms. The van der Waals surface area contributed by atoms with E-state index in [-0.39, 0.29) is 5.41 Å². The first-order valence-corrected chi connectivity index (χ1v) is 6.15. The Morgan fingerprint density at radius 3 is 2.80 bits per heavy atom. The van der Waals surface area contributed by atoms with Gasteiger partial charge in [0, 0.05) is 12.7 Å². The Bertz CT molecular complexity index is 321. The lowest BCUT2D eigenvalue weighted by Crippen LogP contribution is -2.15. The summed E-state index contributed by atoms with van der Waals surface area (Å²) >= 11 is 0. The number of hydrogen-bond acceptors (Lipinski definition) is 1. The minimum atomic E-state index is 0.288. The van der Waals surface area contributed by atoms with E-state index in [4.69, 9.17) is 0 Å². The molecule has 1 aromatic heterocycles. The maximum absolute atomic E-state index is 4.46. The van der Waals surface area contributed by atoms with Crippen LogP contribution in [0.2, 0.25) is 0 Å². The summed E-state index contributed by atoms with van der Waals surface area (Å²) < 4.78 is 2.13. The summed E-state index contributed by atoms with van der Waals surface area (Å²) in [5, 5.41) is 4.46. The van der Waals surface area contributed by atoms with Gasteiger partial charge in [-0.3, -0.25) is 4.68 Å². The topological polar surface area (TPSA) is 17.8 Å². The average Bonchev–Trinajstić information content (AvgIpc) is 2.81. The monoisotopic (exact) mass is 206 g/mol. The molecule has 0 spiro atoms. The summed E-state index contributed by atoms with van der Waals surface area (Å²) in [6.45, 7) is 8.00. The molecule has 0 N–H and O–H groups in total. The van der Waals surface area contributed by atoms with Crippen LogP contribution in [0.4, 0.5) is 0 Å². The highest BCUT2D eigenvalue weighted by Crippen LogP contribution is 2.32. The van der Waals surface area contributed by atoms with Crippen LogP contribution >= 0.6 is 0 Å². The minimum absolute atomic E-state index is 0.288. The van der Waals surface area contributed by atoms with E-state index in [0.717, 1.165) is 12.5 Å². The van der Waals surface area contributed by atoms with Gasteiger partial charge in [-0.25, -0.2) is 0 Å². The lowest BCUT2D eigenvalue weighted by Gasteiger charge is -2.22. The quantitative estimate of drug-likeness (QED) is 0.722. The summed E-state index contributed by atoms with van der Waals surface area (Å²) in [6, 6.07) is 0. The van der Waals surface area contributed by atoms with Gasteiger partial charge in [0.1, 0.15) is 0 Å². The molecule has 1 aliphatic rings. The zero-order valence-corrected chi connectivity index (χ0v) is 10.2. The largest absolute Gasteiger partial charge is 0.272 e. The second kappa shape index (κ2) is 3.99. The normalized spacial score (nSPS) is 17.0. The molecule has 0 atom stereocenters. The SMILES string of the molecule is CCCC(C)(C)c1cnn(CC2CC2)c1. The fourth-order valence-corrected chi connectivity index (χ4v) is 2.15. The van der Waals surface area contributed by atoms with Gasteiger partial charge in [0.25, 0.3) is 0 Å². The van der Waals surface area contributed by atoms with E-state index >= 15 is 0 Å². The van der Waals surface area contributed by atoms with Crippen molar-refractivity contribution in [1.29, 1.82) is 0 Å². The summed E-state index contributed by atoms with van der Waals surface area (Å²) in [5.74, 6) is 0.909. The van der Waals surface area contributed by atoms with Crippen molar-refractivity contribution in [1.82, 2.24) is 9.78 Å². The second-order valence-electron chi connectivity index (χ2n) is 5.53. The van der Waals surface area contributed by atoms with Gasteiger partial charge in [0.05, 0.1) is 6.20 Å². The smallest absolute Gasteiger partial charge is 0.0527 e. The molecule has 0 amide bonds. The first-order valence-electron chi connectivity index (χ1n) is 6.15. The van der Waals surface area contributed by atoms with Crippen LogP contribution in [0, 0.1) is 5.92 Å². The second-order valence-corrected chi connectivity index (χ2v) is 5.53. The highest BCUT2D eigenvalue weighted by atomic mass is 15.3. The number of hydrogen-bond donors (Lipinski definition) is 0. The molecule has 0 aromatic carbocycles. The van der Waals surface area contributed by atoms with Gasteiger partial charge in [0.2, 0.25) is 0 Å². The van der Waals surface area contributed by atoms with E-state index in [2.05, 4.69) is 42.9 Å². The van der Waals surface area contributed by atoms with Crippen molar-refractivity contribution >= 4 is 0 Å². The standard InChI is InChI=1S/C13H22N2/c1-4-7-13(2,3)12-8-14-15(10-12)9-11-5-6-11/h8,10-11H,4-7,9H2,1-3H3. The van der Waals surface area contributed by atoms with Gasteiger partial charge in [-0.15, -0.1) is 0 Å². The van der Waals surface area contributed by atoms with Crippen LogP contribution in [0.25, 0.3) is 0 Å². The Morgan fingerprint density at radius 1 is 1.47 bits per heavy atom. The van der Waals surface area contributed by atoms with Crippen LogP contribution < -0.4 is 0 Å². The molecule has 0 saturated heterocycles. The molecular formula is C13H22N2. The molecule has 2 nitrogen and oxygen atoms in total. The van der Waals surface area contributed by atoms with E-state index in [1.807, 2.05) is 0 Å². The Kier molecular flexibility index (Phi) is 2.85. The maximum Gasteiger partial charge on any atom is 0.0527 e. The highest BCUT2D eigenvalue weighted by Gasteiger charge is 2.24. The van der Waals surface area contributed by atoms with Crippen molar-refractivity contribution < 1.29 is 0 Å². The molecule has 0 bridgehead atoms. The molecule has 84 valence electrons. The number of nitrogens with zero attached hydrogens (tertiary/aromatic N) is 2. The van der Waals surface area contributed by atoms with Crippen molar-refractivity contribution in [3.63, 3.8) is 0 Å². The van der Waals surface area contributed by atoms with Crippen LogP contribution in [0.5, 0.6) is 0 Å². The van der Waals surface area contributed by atoms with Gasteiger partial charge >= 0.3 is 0 Å². The van der Waals surface area contributed by atoms with E-state index in [0.29, 0.717) is 0 Å². The molecule has 2 heteroatoms.